The van der Waals surface area contributed by atoms with Crippen molar-refractivity contribution in [1.82, 2.24) is 9.55 Å². The molecule has 0 aliphatic heterocycles. The standard InChI is InChI=1S/C19H23N3/c1-12(2)16-7-5-15(6-8-16)11-22-18-10-14(4)13(3)9-17(18)21-19(22)20/h5-10,12H,11H2,1-4H3,(H2,20,21). The highest BCUT2D eigenvalue weighted by Crippen LogP contribution is 2.23. The van der Waals surface area contributed by atoms with Crippen LogP contribution in [0.4, 0.5) is 5.95 Å². The van der Waals surface area contributed by atoms with Gasteiger partial charge in [-0.3, -0.25) is 0 Å². The number of nitrogens with two attached hydrogens (primary N) is 1. The summed E-state index contributed by atoms with van der Waals surface area (Å²) >= 11 is 0. The predicted molar refractivity (Wildman–Crippen MR) is 93.3 cm³/mol. The Kier molecular flexibility index (Phi) is 3.65. The summed E-state index contributed by atoms with van der Waals surface area (Å²) in [6.07, 6.45) is 0. The van der Waals surface area contributed by atoms with Gasteiger partial charge in [0.1, 0.15) is 0 Å². The van der Waals surface area contributed by atoms with Crippen LogP contribution in [0.25, 0.3) is 11.0 Å². The Morgan fingerprint density at radius 1 is 1.05 bits per heavy atom. The molecule has 3 nitrogen and oxygen atoms in total. The third-order valence-electron chi connectivity index (χ3n) is 4.38. The molecule has 0 amide bonds. The fourth-order valence-corrected chi connectivity index (χ4v) is 2.76. The summed E-state index contributed by atoms with van der Waals surface area (Å²) in [5, 5.41) is 0. The minimum absolute atomic E-state index is 0.554. The van der Waals surface area contributed by atoms with Gasteiger partial charge < -0.3 is 10.3 Å². The summed E-state index contributed by atoms with van der Waals surface area (Å²) in [6, 6.07) is 13.1. The quantitative estimate of drug-likeness (QED) is 0.777. The van der Waals surface area contributed by atoms with Crippen molar-refractivity contribution >= 4 is 17.0 Å². The number of fused-ring (bicyclic) bond motifs is 1. The smallest absolute Gasteiger partial charge is 0.201 e. The number of rotatable bonds is 3. The number of aryl methyl sites for hydroxylation is 2. The Labute approximate surface area is 131 Å². The molecule has 0 saturated carbocycles. The average Bonchev–Trinajstić information content (AvgIpc) is 2.76. The molecule has 2 aromatic carbocycles. The van der Waals surface area contributed by atoms with E-state index in [0.717, 1.165) is 17.6 Å². The number of nitrogens with zero attached hydrogens (tertiary/aromatic N) is 2. The first-order chi connectivity index (χ1) is 10.5. The number of imidazole rings is 1. The number of anilines is 1. The fraction of sp³-hybridized carbons (Fsp3) is 0.316. The maximum Gasteiger partial charge on any atom is 0.201 e. The molecule has 0 atom stereocenters. The van der Waals surface area contributed by atoms with Crippen molar-refractivity contribution < 1.29 is 0 Å². The molecule has 3 rings (SSSR count). The molecule has 0 aliphatic rings. The summed E-state index contributed by atoms with van der Waals surface area (Å²) in [5.41, 5.74) is 13.3. The van der Waals surface area contributed by atoms with E-state index in [4.69, 9.17) is 5.73 Å². The summed E-state index contributed by atoms with van der Waals surface area (Å²) in [7, 11) is 0. The second kappa shape index (κ2) is 5.48. The SMILES string of the molecule is Cc1cc2nc(N)n(Cc3ccc(C(C)C)cc3)c2cc1C. The minimum Gasteiger partial charge on any atom is -0.369 e. The van der Waals surface area contributed by atoms with E-state index < -0.39 is 0 Å². The van der Waals surface area contributed by atoms with Crippen molar-refractivity contribution in [3.63, 3.8) is 0 Å². The van der Waals surface area contributed by atoms with Gasteiger partial charge in [0.05, 0.1) is 17.6 Å². The molecular formula is C19H23N3. The fourth-order valence-electron chi connectivity index (χ4n) is 2.76. The second-order valence-electron chi connectivity index (χ2n) is 6.38. The molecule has 0 unspecified atom stereocenters. The van der Waals surface area contributed by atoms with Crippen LogP contribution in [-0.4, -0.2) is 9.55 Å². The first kappa shape index (κ1) is 14.6. The van der Waals surface area contributed by atoms with Gasteiger partial charge in [0.25, 0.3) is 0 Å². The molecule has 0 bridgehead atoms. The molecule has 0 saturated heterocycles. The van der Waals surface area contributed by atoms with Crippen LogP contribution >= 0.6 is 0 Å². The Balaban J connectivity index is 1.99. The lowest BCUT2D eigenvalue weighted by Gasteiger charge is -2.10. The maximum absolute atomic E-state index is 6.13. The molecule has 0 spiro atoms. The monoisotopic (exact) mass is 293 g/mol. The van der Waals surface area contributed by atoms with Crippen LogP contribution in [-0.2, 0) is 6.54 Å². The summed E-state index contributed by atoms with van der Waals surface area (Å²) in [6.45, 7) is 9.40. The molecule has 0 aliphatic carbocycles. The molecule has 1 heterocycles. The van der Waals surface area contributed by atoms with Crippen LogP contribution in [0, 0.1) is 13.8 Å². The van der Waals surface area contributed by atoms with E-state index in [1.807, 2.05) is 0 Å². The van der Waals surface area contributed by atoms with Gasteiger partial charge in [-0.1, -0.05) is 38.1 Å². The van der Waals surface area contributed by atoms with Crippen LogP contribution in [0.1, 0.15) is 42.0 Å². The molecule has 3 aromatic rings. The summed E-state index contributed by atoms with van der Waals surface area (Å²) < 4.78 is 2.09. The van der Waals surface area contributed by atoms with Crippen LogP contribution in [0.3, 0.4) is 0 Å². The highest BCUT2D eigenvalue weighted by molar-refractivity contribution is 5.80. The maximum atomic E-state index is 6.13. The van der Waals surface area contributed by atoms with E-state index in [9.17, 15) is 0 Å². The first-order valence-corrected chi connectivity index (χ1v) is 7.77. The largest absolute Gasteiger partial charge is 0.369 e. The van der Waals surface area contributed by atoms with E-state index in [-0.39, 0.29) is 0 Å². The van der Waals surface area contributed by atoms with Crippen molar-refractivity contribution in [3.05, 3.63) is 58.7 Å². The Morgan fingerprint density at radius 2 is 1.68 bits per heavy atom. The molecule has 2 N–H and O–H groups in total. The summed E-state index contributed by atoms with van der Waals surface area (Å²) in [4.78, 5) is 4.50. The van der Waals surface area contributed by atoms with Crippen molar-refractivity contribution in [2.45, 2.75) is 40.2 Å². The Bertz CT molecular complexity index is 811. The lowest BCUT2D eigenvalue weighted by Crippen LogP contribution is -2.05. The molecular weight excluding hydrogens is 270 g/mol. The second-order valence-corrected chi connectivity index (χ2v) is 6.38. The zero-order chi connectivity index (χ0) is 15.9. The van der Waals surface area contributed by atoms with E-state index in [0.29, 0.717) is 11.9 Å². The topological polar surface area (TPSA) is 43.8 Å². The molecule has 0 fully saturated rings. The Hall–Kier alpha value is -2.29. The van der Waals surface area contributed by atoms with Crippen molar-refractivity contribution in [3.8, 4) is 0 Å². The third-order valence-corrected chi connectivity index (χ3v) is 4.38. The van der Waals surface area contributed by atoms with Gasteiger partial charge in [0.2, 0.25) is 5.95 Å². The highest BCUT2D eigenvalue weighted by Gasteiger charge is 2.10. The van der Waals surface area contributed by atoms with Crippen molar-refractivity contribution in [2.75, 3.05) is 5.73 Å². The number of hydrogen-bond acceptors (Lipinski definition) is 2. The molecule has 22 heavy (non-hydrogen) atoms. The van der Waals surface area contributed by atoms with E-state index >= 15 is 0 Å². The van der Waals surface area contributed by atoms with Crippen molar-refractivity contribution in [2.24, 2.45) is 0 Å². The average molecular weight is 293 g/mol. The van der Waals surface area contributed by atoms with Gasteiger partial charge in [-0.2, -0.15) is 0 Å². The predicted octanol–water partition coefficient (Wildman–Crippen LogP) is 4.41. The van der Waals surface area contributed by atoms with Crippen LogP contribution in [0.15, 0.2) is 36.4 Å². The van der Waals surface area contributed by atoms with Gasteiger partial charge in [-0.05, 0) is 54.2 Å². The zero-order valence-electron chi connectivity index (χ0n) is 13.7. The Morgan fingerprint density at radius 3 is 2.32 bits per heavy atom. The van der Waals surface area contributed by atoms with Crippen LogP contribution in [0.5, 0.6) is 0 Å². The van der Waals surface area contributed by atoms with Gasteiger partial charge in [-0.15, -0.1) is 0 Å². The zero-order valence-corrected chi connectivity index (χ0v) is 13.7. The van der Waals surface area contributed by atoms with Crippen molar-refractivity contribution in [1.29, 1.82) is 0 Å². The summed E-state index contributed by atoms with van der Waals surface area (Å²) in [5.74, 6) is 1.13. The van der Waals surface area contributed by atoms with Gasteiger partial charge in [-0.25, -0.2) is 4.98 Å². The number of nitrogen functional groups attached to an aromatic ring is 1. The van der Waals surface area contributed by atoms with Crippen LogP contribution < -0.4 is 5.73 Å². The minimum atomic E-state index is 0.554. The van der Waals surface area contributed by atoms with E-state index in [1.165, 1.54) is 22.3 Å². The normalized spacial score (nSPS) is 11.5. The number of aromatic nitrogens is 2. The molecule has 3 heteroatoms. The first-order valence-electron chi connectivity index (χ1n) is 7.77. The van der Waals surface area contributed by atoms with Gasteiger partial charge in [0.15, 0.2) is 0 Å². The lowest BCUT2D eigenvalue weighted by atomic mass is 10.0. The number of hydrogen-bond donors (Lipinski definition) is 1. The van der Waals surface area contributed by atoms with E-state index in [2.05, 4.69) is 73.6 Å². The molecule has 0 radical (unpaired) electrons. The number of benzene rings is 2. The lowest BCUT2D eigenvalue weighted by molar-refractivity contribution is 0.830. The third kappa shape index (κ3) is 2.59. The molecule has 1 aromatic heterocycles. The van der Waals surface area contributed by atoms with E-state index in [1.54, 1.807) is 0 Å². The molecule has 114 valence electrons. The van der Waals surface area contributed by atoms with Crippen LogP contribution in [0.2, 0.25) is 0 Å². The van der Waals surface area contributed by atoms with Gasteiger partial charge in [0, 0.05) is 0 Å². The highest BCUT2D eigenvalue weighted by atomic mass is 15.1. The van der Waals surface area contributed by atoms with Gasteiger partial charge >= 0.3 is 0 Å².